The molecule has 2 aromatic carbocycles. The second-order valence-corrected chi connectivity index (χ2v) is 6.16. The van der Waals surface area contributed by atoms with Gasteiger partial charge in [0.15, 0.2) is 0 Å². The highest BCUT2D eigenvalue weighted by Gasteiger charge is 2.18. The van der Waals surface area contributed by atoms with E-state index in [-0.39, 0.29) is 5.91 Å². The van der Waals surface area contributed by atoms with E-state index in [1.165, 1.54) is 0 Å². The minimum absolute atomic E-state index is 0.111. The maximum absolute atomic E-state index is 11.7. The molecular formula is C16H13ClN2OS. The Morgan fingerprint density at radius 1 is 1.24 bits per heavy atom. The SMILES string of the molecule is C=C1Nc2cc(C(=O)NC)ccc2Sc2ccc(Cl)cc21. The zero-order valence-corrected chi connectivity index (χ0v) is 12.9. The molecule has 0 aliphatic carbocycles. The molecular weight excluding hydrogens is 304 g/mol. The number of benzene rings is 2. The standard InChI is InChI=1S/C16H13ClN2OS/c1-9-12-8-11(17)4-6-14(12)21-15-5-3-10(16(20)18-2)7-13(15)19-9/h3-8,19H,1H2,2H3,(H,18,20). The summed E-state index contributed by atoms with van der Waals surface area (Å²) in [6, 6.07) is 11.3. The fourth-order valence-electron chi connectivity index (χ4n) is 2.18. The molecule has 3 rings (SSSR count). The molecule has 0 atom stereocenters. The van der Waals surface area contributed by atoms with Crippen LogP contribution in [0.1, 0.15) is 15.9 Å². The first-order chi connectivity index (χ1) is 10.1. The number of hydrogen-bond acceptors (Lipinski definition) is 3. The first kappa shape index (κ1) is 14.0. The maximum Gasteiger partial charge on any atom is 0.251 e. The molecule has 2 aromatic rings. The third-order valence-corrected chi connectivity index (χ3v) is 4.63. The summed E-state index contributed by atoms with van der Waals surface area (Å²) in [5.74, 6) is -0.111. The number of hydrogen-bond donors (Lipinski definition) is 2. The molecule has 21 heavy (non-hydrogen) atoms. The molecule has 0 fully saturated rings. The van der Waals surface area contributed by atoms with Crippen molar-refractivity contribution >= 4 is 40.7 Å². The van der Waals surface area contributed by atoms with E-state index in [4.69, 9.17) is 11.6 Å². The van der Waals surface area contributed by atoms with Crippen LogP contribution in [-0.2, 0) is 0 Å². The lowest BCUT2D eigenvalue weighted by Crippen LogP contribution is -2.17. The van der Waals surface area contributed by atoms with E-state index in [0.717, 1.165) is 26.7 Å². The first-order valence-electron chi connectivity index (χ1n) is 6.38. The van der Waals surface area contributed by atoms with Gasteiger partial charge in [0.1, 0.15) is 0 Å². The number of nitrogens with one attached hydrogen (secondary N) is 2. The average molecular weight is 317 g/mol. The number of amides is 1. The van der Waals surface area contributed by atoms with Crippen molar-refractivity contribution in [3.63, 3.8) is 0 Å². The summed E-state index contributed by atoms with van der Waals surface area (Å²) in [5.41, 5.74) is 3.23. The highest BCUT2D eigenvalue weighted by molar-refractivity contribution is 7.99. The Morgan fingerprint density at radius 3 is 2.76 bits per heavy atom. The molecule has 0 radical (unpaired) electrons. The summed E-state index contributed by atoms with van der Waals surface area (Å²) in [7, 11) is 1.62. The van der Waals surface area contributed by atoms with Crippen LogP contribution in [0.5, 0.6) is 0 Å². The monoisotopic (exact) mass is 316 g/mol. The molecule has 106 valence electrons. The van der Waals surface area contributed by atoms with Gasteiger partial charge in [0.25, 0.3) is 5.91 Å². The average Bonchev–Trinajstić information content (AvgIpc) is 2.62. The van der Waals surface area contributed by atoms with Crippen molar-refractivity contribution < 1.29 is 4.79 Å². The minimum Gasteiger partial charge on any atom is -0.355 e. The molecule has 1 heterocycles. The van der Waals surface area contributed by atoms with Gasteiger partial charge in [-0.05, 0) is 36.4 Å². The Bertz CT molecular complexity index is 758. The second kappa shape index (κ2) is 5.47. The number of carbonyl (C=O) groups is 1. The van der Waals surface area contributed by atoms with E-state index in [1.807, 2.05) is 36.4 Å². The predicted molar refractivity (Wildman–Crippen MR) is 88.1 cm³/mol. The van der Waals surface area contributed by atoms with Gasteiger partial charge in [-0.25, -0.2) is 0 Å². The molecule has 0 spiro atoms. The van der Waals surface area contributed by atoms with E-state index in [0.29, 0.717) is 10.6 Å². The normalized spacial score (nSPS) is 12.8. The van der Waals surface area contributed by atoms with Gasteiger partial charge >= 0.3 is 0 Å². The third-order valence-electron chi connectivity index (χ3n) is 3.24. The van der Waals surface area contributed by atoms with Crippen molar-refractivity contribution in [3.05, 3.63) is 59.1 Å². The molecule has 0 bridgehead atoms. The Morgan fingerprint density at radius 2 is 2.00 bits per heavy atom. The molecule has 2 N–H and O–H groups in total. The first-order valence-corrected chi connectivity index (χ1v) is 7.58. The van der Waals surface area contributed by atoms with Crippen molar-refractivity contribution in [2.45, 2.75) is 9.79 Å². The van der Waals surface area contributed by atoms with Crippen LogP contribution >= 0.6 is 23.4 Å². The molecule has 0 unspecified atom stereocenters. The lowest BCUT2D eigenvalue weighted by Gasteiger charge is -2.10. The van der Waals surface area contributed by atoms with E-state index < -0.39 is 0 Å². The molecule has 0 saturated carbocycles. The van der Waals surface area contributed by atoms with Gasteiger partial charge in [0.2, 0.25) is 0 Å². The zero-order chi connectivity index (χ0) is 15.0. The van der Waals surface area contributed by atoms with Gasteiger partial charge in [-0.15, -0.1) is 0 Å². The van der Waals surface area contributed by atoms with Crippen molar-refractivity contribution in [3.8, 4) is 0 Å². The van der Waals surface area contributed by atoms with Crippen LogP contribution in [0.15, 0.2) is 52.8 Å². The highest BCUT2D eigenvalue weighted by atomic mass is 35.5. The van der Waals surface area contributed by atoms with Gasteiger partial charge < -0.3 is 10.6 Å². The second-order valence-electron chi connectivity index (χ2n) is 4.64. The lowest BCUT2D eigenvalue weighted by atomic mass is 10.1. The van der Waals surface area contributed by atoms with Crippen LogP contribution in [0, 0.1) is 0 Å². The predicted octanol–water partition coefficient (Wildman–Crippen LogP) is 4.25. The molecule has 3 nitrogen and oxygen atoms in total. The molecule has 1 amide bonds. The number of halogens is 1. The molecule has 1 aliphatic heterocycles. The Kier molecular flexibility index (Phi) is 3.66. The molecule has 0 aromatic heterocycles. The summed E-state index contributed by atoms with van der Waals surface area (Å²) in [6.07, 6.45) is 0. The summed E-state index contributed by atoms with van der Waals surface area (Å²) in [6.45, 7) is 4.07. The van der Waals surface area contributed by atoms with Crippen LogP contribution in [-0.4, -0.2) is 13.0 Å². The van der Waals surface area contributed by atoms with E-state index in [9.17, 15) is 4.79 Å². The van der Waals surface area contributed by atoms with Gasteiger partial charge in [-0.1, -0.05) is 29.9 Å². The Labute approximate surface area is 132 Å². The van der Waals surface area contributed by atoms with Crippen LogP contribution < -0.4 is 10.6 Å². The summed E-state index contributed by atoms with van der Waals surface area (Å²) >= 11 is 7.69. The van der Waals surface area contributed by atoms with Crippen molar-refractivity contribution in [2.75, 3.05) is 12.4 Å². The van der Waals surface area contributed by atoms with Crippen molar-refractivity contribution in [1.29, 1.82) is 0 Å². The van der Waals surface area contributed by atoms with Crippen LogP contribution in [0.25, 0.3) is 5.70 Å². The number of rotatable bonds is 1. The minimum atomic E-state index is -0.111. The smallest absolute Gasteiger partial charge is 0.251 e. The van der Waals surface area contributed by atoms with Crippen molar-refractivity contribution in [1.82, 2.24) is 5.32 Å². The fraction of sp³-hybridized carbons (Fsp3) is 0.0625. The van der Waals surface area contributed by atoms with E-state index >= 15 is 0 Å². The fourth-order valence-corrected chi connectivity index (χ4v) is 3.37. The number of anilines is 1. The summed E-state index contributed by atoms with van der Waals surface area (Å²) < 4.78 is 0. The molecule has 5 heteroatoms. The molecule has 0 saturated heterocycles. The molecule has 1 aliphatic rings. The number of fused-ring (bicyclic) bond motifs is 2. The number of carbonyl (C=O) groups excluding carboxylic acids is 1. The summed E-state index contributed by atoms with van der Waals surface area (Å²) in [4.78, 5) is 13.9. The largest absolute Gasteiger partial charge is 0.355 e. The van der Waals surface area contributed by atoms with Gasteiger partial charge in [-0.3, -0.25) is 4.79 Å². The third kappa shape index (κ3) is 2.64. The van der Waals surface area contributed by atoms with Crippen LogP contribution in [0.3, 0.4) is 0 Å². The van der Waals surface area contributed by atoms with Gasteiger partial charge in [0, 0.05) is 38.7 Å². The topological polar surface area (TPSA) is 41.1 Å². The van der Waals surface area contributed by atoms with E-state index in [1.54, 1.807) is 18.8 Å². The summed E-state index contributed by atoms with van der Waals surface area (Å²) in [5, 5.41) is 6.57. The Hall–Kier alpha value is -1.91. The lowest BCUT2D eigenvalue weighted by molar-refractivity contribution is 0.0963. The Balaban J connectivity index is 2.07. The quantitative estimate of drug-likeness (QED) is 0.826. The highest BCUT2D eigenvalue weighted by Crippen LogP contribution is 2.42. The maximum atomic E-state index is 11.7. The van der Waals surface area contributed by atoms with Gasteiger partial charge in [0.05, 0.1) is 5.69 Å². The van der Waals surface area contributed by atoms with Crippen molar-refractivity contribution in [2.24, 2.45) is 0 Å². The van der Waals surface area contributed by atoms with Crippen LogP contribution in [0.4, 0.5) is 5.69 Å². The van der Waals surface area contributed by atoms with Gasteiger partial charge in [-0.2, -0.15) is 0 Å². The zero-order valence-electron chi connectivity index (χ0n) is 11.4. The van der Waals surface area contributed by atoms with E-state index in [2.05, 4.69) is 17.2 Å². The van der Waals surface area contributed by atoms with Crippen LogP contribution in [0.2, 0.25) is 5.02 Å².